The first-order valence-electron chi connectivity index (χ1n) is 3.00. The molecule has 58 valence electrons. The largest absolute Gasteiger partial charge is 0.147 e. The van der Waals surface area contributed by atoms with Crippen LogP contribution >= 0.6 is 24.8 Å². The van der Waals surface area contributed by atoms with Crippen LogP contribution < -0.4 is 0 Å². The van der Waals surface area contributed by atoms with Gasteiger partial charge in [-0.15, -0.1) is 24.8 Å². The molecule has 0 fully saturated rings. The summed E-state index contributed by atoms with van der Waals surface area (Å²) in [6, 6.07) is 0. The van der Waals surface area contributed by atoms with E-state index < -0.39 is 0 Å². The van der Waals surface area contributed by atoms with E-state index in [1.165, 1.54) is 0 Å². The van der Waals surface area contributed by atoms with E-state index >= 15 is 0 Å². The maximum absolute atomic E-state index is 2.00. The maximum Gasteiger partial charge on any atom is -0.0683 e. The Bertz CT molecular complexity index is 6.49. The summed E-state index contributed by atoms with van der Waals surface area (Å²) in [5, 5.41) is 0. The highest BCUT2D eigenvalue weighted by Crippen LogP contribution is 1.15. The summed E-state index contributed by atoms with van der Waals surface area (Å²) >= 11 is 0. The summed E-state index contributed by atoms with van der Waals surface area (Å²) in [4.78, 5) is 0. The van der Waals surface area contributed by atoms with Gasteiger partial charge in [-0.2, -0.15) is 0 Å². The Kier molecular flexibility index (Phi) is 4690. The molecule has 0 radical (unpaired) electrons. The van der Waals surface area contributed by atoms with Crippen LogP contribution in [0.25, 0.3) is 0 Å². The van der Waals surface area contributed by atoms with Gasteiger partial charge < -0.3 is 0 Å². The molecule has 0 aromatic carbocycles. The quantitative estimate of drug-likeness (QED) is 0.507. The predicted molar refractivity (Wildman–Crippen MR) is 48.5 cm³/mol. The van der Waals surface area contributed by atoms with E-state index in [1.807, 2.05) is 41.5 Å². The van der Waals surface area contributed by atoms with Gasteiger partial charge in [0.25, 0.3) is 0 Å². The Morgan fingerprint density at radius 3 is 0.375 bits per heavy atom. The van der Waals surface area contributed by atoms with Gasteiger partial charge in [-0.1, -0.05) is 41.5 Å². The fourth-order valence-corrected chi connectivity index (χ4v) is 0. The molecule has 0 aliphatic rings. The van der Waals surface area contributed by atoms with Crippen molar-refractivity contribution in [3.8, 4) is 0 Å². The van der Waals surface area contributed by atoms with Gasteiger partial charge in [-0.25, -0.2) is 0 Å². The van der Waals surface area contributed by atoms with Crippen LogP contribution in [0.3, 0.4) is 0 Å². The van der Waals surface area contributed by atoms with Crippen LogP contribution in [0.15, 0.2) is 0 Å². The summed E-state index contributed by atoms with van der Waals surface area (Å²) in [5.74, 6) is 0. The van der Waals surface area contributed by atoms with E-state index in [4.69, 9.17) is 0 Å². The topological polar surface area (TPSA) is 0 Å². The van der Waals surface area contributed by atoms with Crippen molar-refractivity contribution in [3.63, 3.8) is 0 Å². The number of hydrogen-bond acceptors (Lipinski definition) is 0. The zero-order valence-electron chi connectivity index (χ0n) is 6.82. The Morgan fingerprint density at radius 2 is 0.375 bits per heavy atom. The van der Waals surface area contributed by atoms with E-state index in [0.717, 1.165) is 0 Å². The van der Waals surface area contributed by atoms with E-state index in [2.05, 4.69) is 0 Å². The lowest BCUT2D eigenvalue weighted by Crippen LogP contribution is -0.856. The molecule has 0 aliphatic heterocycles. The second-order valence-electron chi connectivity index (χ2n) is 0. The van der Waals surface area contributed by atoms with Crippen molar-refractivity contribution >= 4 is 24.8 Å². The van der Waals surface area contributed by atoms with Gasteiger partial charge in [0.05, 0.1) is 0 Å². The molecular formula is C6H20Cl2. The van der Waals surface area contributed by atoms with Gasteiger partial charge >= 0.3 is 0 Å². The van der Waals surface area contributed by atoms with Gasteiger partial charge in [0.2, 0.25) is 0 Å². The highest BCUT2D eigenvalue weighted by molar-refractivity contribution is 5.85. The molecule has 0 unspecified atom stereocenters. The molecule has 0 amide bonds. The first-order valence-corrected chi connectivity index (χ1v) is 3.00. The molecule has 0 bridgehead atoms. The molecule has 0 aromatic heterocycles. The van der Waals surface area contributed by atoms with Crippen molar-refractivity contribution in [2.45, 2.75) is 41.5 Å². The Morgan fingerprint density at radius 1 is 0.375 bits per heavy atom. The van der Waals surface area contributed by atoms with Crippen molar-refractivity contribution in [2.24, 2.45) is 0 Å². The summed E-state index contributed by atoms with van der Waals surface area (Å²) in [6.07, 6.45) is 0. The highest BCUT2D eigenvalue weighted by atomic mass is 35.5. The molecule has 0 atom stereocenters. The van der Waals surface area contributed by atoms with Gasteiger partial charge in [0.1, 0.15) is 0 Å². The third kappa shape index (κ3) is 609. The Hall–Kier alpha value is 0.580. The van der Waals surface area contributed by atoms with Crippen LogP contribution in [0.4, 0.5) is 0 Å². The standard InChI is InChI=1S/3C2H6.2ClH/c3*1-2;;/h3*1-2H3;2*1H. The summed E-state index contributed by atoms with van der Waals surface area (Å²) in [7, 11) is 0. The second-order valence-corrected chi connectivity index (χ2v) is 0. The normalized spacial score (nSPS) is 2.25. The number of hydrogen-bond donors (Lipinski definition) is 0. The fourth-order valence-electron chi connectivity index (χ4n) is 0. The lowest BCUT2D eigenvalue weighted by Gasteiger charge is -1.07. The number of halogens is 2. The second kappa shape index (κ2) is 976. The van der Waals surface area contributed by atoms with Gasteiger partial charge in [-0.3, -0.25) is 0 Å². The zero-order valence-corrected chi connectivity index (χ0v) is 8.45. The average Bonchev–Trinajstić information content (AvgIpc) is 1.81. The maximum atomic E-state index is 2.00. The van der Waals surface area contributed by atoms with Crippen molar-refractivity contribution in [1.29, 1.82) is 0 Å². The molecule has 0 heterocycles. The van der Waals surface area contributed by atoms with E-state index in [9.17, 15) is 0 Å². The van der Waals surface area contributed by atoms with Crippen molar-refractivity contribution in [3.05, 3.63) is 0 Å². The summed E-state index contributed by atoms with van der Waals surface area (Å²) in [5.41, 5.74) is 0. The molecule has 0 spiro atoms. The molecule has 0 saturated carbocycles. The SMILES string of the molecule is CC.CC.CC.Cl.Cl. The molecule has 8 heavy (non-hydrogen) atoms. The fraction of sp³-hybridized carbons (Fsp3) is 1.00. The summed E-state index contributed by atoms with van der Waals surface area (Å²) < 4.78 is 0. The lowest BCUT2D eigenvalue weighted by atomic mass is 11.0. The van der Waals surface area contributed by atoms with Crippen LogP contribution in [0, 0.1) is 0 Å². The molecule has 0 nitrogen and oxygen atoms in total. The third-order valence-electron chi connectivity index (χ3n) is 0. The molecule has 0 aliphatic carbocycles. The van der Waals surface area contributed by atoms with Crippen LogP contribution in [0.5, 0.6) is 0 Å². The molecular weight excluding hydrogens is 143 g/mol. The smallest absolute Gasteiger partial charge is 0.0683 e. The average molecular weight is 163 g/mol. The molecule has 0 saturated heterocycles. The van der Waals surface area contributed by atoms with Crippen LogP contribution in [-0.2, 0) is 0 Å². The summed E-state index contributed by atoms with van der Waals surface area (Å²) in [6.45, 7) is 12.0. The first-order chi connectivity index (χ1) is 3.00. The van der Waals surface area contributed by atoms with Crippen LogP contribution in [0.2, 0.25) is 0 Å². The zero-order chi connectivity index (χ0) is 6.00. The van der Waals surface area contributed by atoms with Gasteiger partial charge in [-0.05, 0) is 0 Å². The van der Waals surface area contributed by atoms with Crippen LogP contribution in [0.1, 0.15) is 41.5 Å². The monoisotopic (exact) mass is 162 g/mol. The molecule has 0 rings (SSSR count). The van der Waals surface area contributed by atoms with Crippen molar-refractivity contribution in [2.75, 3.05) is 0 Å². The minimum absolute atomic E-state index is 0. The minimum atomic E-state index is 0. The molecule has 0 N–H and O–H groups in total. The molecule has 2 heteroatoms. The van der Waals surface area contributed by atoms with E-state index in [0.29, 0.717) is 0 Å². The lowest BCUT2D eigenvalue weighted by molar-refractivity contribution is 1.50. The van der Waals surface area contributed by atoms with E-state index in [1.54, 1.807) is 0 Å². The van der Waals surface area contributed by atoms with Gasteiger partial charge in [0, 0.05) is 0 Å². The highest BCUT2D eigenvalue weighted by Gasteiger charge is 0.936. The third-order valence-corrected chi connectivity index (χ3v) is 0. The van der Waals surface area contributed by atoms with E-state index in [-0.39, 0.29) is 24.8 Å². The minimum Gasteiger partial charge on any atom is -0.147 e. The first kappa shape index (κ1) is 38.5. The molecule has 0 aromatic rings. The Labute approximate surface area is 66.9 Å². The van der Waals surface area contributed by atoms with Gasteiger partial charge in [0.15, 0.2) is 0 Å². The van der Waals surface area contributed by atoms with Crippen LogP contribution in [-0.4, -0.2) is 0 Å². The number of rotatable bonds is 0. The van der Waals surface area contributed by atoms with Crippen molar-refractivity contribution in [1.82, 2.24) is 0 Å². The predicted octanol–water partition coefficient (Wildman–Crippen LogP) is 3.92. The van der Waals surface area contributed by atoms with Crippen molar-refractivity contribution < 1.29 is 0 Å². The Balaban J connectivity index is -0.00000000500.